The third-order valence-corrected chi connectivity index (χ3v) is 2.48. The summed E-state index contributed by atoms with van der Waals surface area (Å²) in [7, 11) is 0. The molecule has 2 heterocycles. The lowest BCUT2D eigenvalue weighted by Crippen LogP contribution is -1.98. The number of carboxylic acid groups (broad SMARTS) is 1. The van der Waals surface area contributed by atoms with Crippen molar-refractivity contribution in [2.24, 2.45) is 0 Å². The summed E-state index contributed by atoms with van der Waals surface area (Å²) in [4.78, 5) is 17.9. The van der Waals surface area contributed by atoms with Crippen LogP contribution in [0.4, 0.5) is 0 Å². The van der Waals surface area contributed by atoms with Crippen molar-refractivity contribution in [1.29, 1.82) is 0 Å². The zero-order chi connectivity index (χ0) is 12.4. The van der Waals surface area contributed by atoms with Gasteiger partial charge in [0.15, 0.2) is 5.76 Å². The molecule has 5 heteroatoms. The van der Waals surface area contributed by atoms with Gasteiger partial charge < -0.3 is 14.5 Å². The Hall–Kier alpha value is -2.04. The monoisotopic (exact) mass is 234 g/mol. The second kappa shape index (κ2) is 4.45. The van der Waals surface area contributed by atoms with Crippen LogP contribution in [0.5, 0.6) is 0 Å². The van der Waals surface area contributed by atoms with E-state index in [4.69, 9.17) is 9.52 Å². The van der Waals surface area contributed by atoms with Gasteiger partial charge in [-0.3, -0.25) is 4.79 Å². The smallest absolute Gasteiger partial charge is 0.303 e. The van der Waals surface area contributed by atoms with Gasteiger partial charge in [0.2, 0.25) is 0 Å². The maximum absolute atomic E-state index is 10.5. The highest BCUT2D eigenvalue weighted by Crippen LogP contribution is 2.23. The molecule has 0 aliphatic carbocycles. The number of rotatable bonds is 4. The molecule has 0 atom stereocenters. The number of carboxylic acids is 1. The van der Waals surface area contributed by atoms with Gasteiger partial charge >= 0.3 is 5.97 Å². The number of carbonyl (C=O) groups is 1. The van der Waals surface area contributed by atoms with Gasteiger partial charge in [-0.05, 0) is 26.0 Å². The largest absolute Gasteiger partial charge is 0.481 e. The van der Waals surface area contributed by atoms with E-state index in [1.165, 1.54) is 0 Å². The zero-order valence-corrected chi connectivity index (χ0v) is 9.78. The van der Waals surface area contributed by atoms with E-state index >= 15 is 0 Å². The molecular formula is C12H14N2O3. The molecule has 0 amide bonds. The molecule has 0 radical (unpaired) electrons. The summed E-state index contributed by atoms with van der Waals surface area (Å²) in [6.07, 6.45) is 0.472. The lowest BCUT2D eigenvalue weighted by Gasteiger charge is -1.91. The van der Waals surface area contributed by atoms with Gasteiger partial charge in [0.1, 0.15) is 17.3 Å². The SMILES string of the molecule is Cc1ccc(-c2nc(CCC(=O)O)[nH]c2C)o1. The number of H-pyrrole nitrogens is 1. The van der Waals surface area contributed by atoms with E-state index in [2.05, 4.69) is 9.97 Å². The Kier molecular flexibility index (Phi) is 2.99. The third kappa shape index (κ3) is 2.55. The van der Waals surface area contributed by atoms with E-state index in [9.17, 15) is 4.79 Å². The van der Waals surface area contributed by atoms with Crippen LogP contribution in [0.1, 0.15) is 23.7 Å². The Morgan fingerprint density at radius 2 is 2.24 bits per heavy atom. The molecule has 2 aromatic rings. The van der Waals surface area contributed by atoms with Crippen molar-refractivity contribution in [3.8, 4) is 11.5 Å². The van der Waals surface area contributed by atoms with E-state index in [0.717, 1.165) is 17.1 Å². The number of nitrogens with zero attached hydrogens (tertiary/aromatic N) is 1. The molecule has 90 valence electrons. The molecule has 2 rings (SSSR count). The van der Waals surface area contributed by atoms with E-state index in [0.29, 0.717) is 18.0 Å². The van der Waals surface area contributed by atoms with Gasteiger partial charge in [0.25, 0.3) is 0 Å². The highest BCUT2D eigenvalue weighted by molar-refractivity contribution is 5.67. The molecule has 0 aliphatic rings. The highest BCUT2D eigenvalue weighted by atomic mass is 16.4. The number of aromatic amines is 1. The first-order valence-electron chi connectivity index (χ1n) is 5.40. The van der Waals surface area contributed by atoms with E-state index in [-0.39, 0.29) is 6.42 Å². The maximum atomic E-state index is 10.5. The first-order valence-corrected chi connectivity index (χ1v) is 5.40. The van der Waals surface area contributed by atoms with Crippen LogP contribution in [-0.2, 0) is 11.2 Å². The first-order chi connectivity index (χ1) is 8.06. The first kappa shape index (κ1) is 11.4. The molecule has 0 aromatic carbocycles. The van der Waals surface area contributed by atoms with E-state index in [1.54, 1.807) is 0 Å². The summed E-state index contributed by atoms with van der Waals surface area (Å²) in [5, 5.41) is 8.61. The van der Waals surface area contributed by atoms with Crippen molar-refractivity contribution in [2.75, 3.05) is 0 Å². The molecule has 2 aromatic heterocycles. The van der Waals surface area contributed by atoms with Gasteiger partial charge in [0.05, 0.1) is 6.42 Å². The standard InChI is InChI=1S/C12H14N2O3/c1-7-3-4-9(17-7)12-8(2)13-10(14-12)5-6-11(15)16/h3-4H,5-6H2,1-2H3,(H,13,14)(H,15,16). The van der Waals surface area contributed by atoms with Gasteiger partial charge in [-0.2, -0.15) is 0 Å². The Bertz CT molecular complexity index is 540. The van der Waals surface area contributed by atoms with Gasteiger partial charge in [0, 0.05) is 12.1 Å². The summed E-state index contributed by atoms with van der Waals surface area (Å²) >= 11 is 0. The number of aromatic nitrogens is 2. The summed E-state index contributed by atoms with van der Waals surface area (Å²) < 4.78 is 5.49. The van der Waals surface area contributed by atoms with Crippen LogP contribution in [-0.4, -0.2) is 21.0 Å². The van der Waals surface area contributed by atoms with Gasteiger partial charge in [-0.25, -0.2) is 4.98 Å². The minimum absolute atomic E-state index is 0.0730. The maximum Gasteiger partial charge on any atom is 0.303 e. The van der Waals surface area contributed by atoms with Crippen LogP contribution >= 0.6 is 0 Å². The van der Waals surface area contributed by atoms with Gasteiger partial charge in [-0.15, -0.1) is 0 Å². The second-order valence-electron chi connectivity index (χ2n) is 3.96. The number of hydrogen-bond acceptors (Lipinski definition) is 3. The number of aliphatic carboxylic acids is 1. The average Bonchev–Trinajstić information content (AvgIpc) is 2.82. The Balaban J connectivity index is 2.21. The lowest BCUT2D eigenvalue weighted by atomic mass is 10.3. The van der Waals surface area contributed by atoms with Crippen molar-refractivity contribution >= 4 is 5.97 Å². The van der Waals surface area contributed by atoms with E-state index in [1.807, 2.05) is 26.0 Å². The number of furan rings is 1. The van der Waals surface area contributed by atoms with Crippen LogP contribution in [0.25, 0.3) is 11.5 Å². The summed E-state index contributed by atoms with van der Waals surface area (Å²) in [6.45, 7) is 3.77. The Labute approximate surface area is 98.5 Å². The van der Waals surface area contributed by atoms with Crippen molar-refractivity contribution in [1.82, 2.24) is 9.97 Å². The van der Waals surface area contributed by atoms with Crippen LogP contribution in [0.3, 0.4) is 0 Å². The van der Waals surface area contributed by atoms with Crippen LogP contribution < -0.4 is 0 Å². The topological polar surface area (TPSA) is 79.1 Å². The Morgan fingerprint density at radius 3 is 2.82 bits per heavy atom. The number of nitrogens with one attached hydrogen (secondary N) is 1. The van der Waals surface area contributed by atoms with Crippen LogP contribution in [0.15, 0.2) is 16.5 Å². The molecule has 0 unspecified atom stereocenters. The zero-order valence-electron chi connectivity index (χ0n) is 9.78. The summed E-state index contributed by atoms with van der Waals surface area (Å²) in [5.74, 6) is 1.38. The number of imidazole rings is 1. The predicted octanol–water partition coefficient (Wildman–Crippen LogP) is 2.30. The number of aryl methyl sites for hydroxylation is 3. The fourth-order valence-corrected chi connectivity index (χ4v) is 1.67. The summed E-state index contributed by atoms with van der Waals surface area (Å²) in [5.41, 5.74) is 1.64. The number of hydrogen-bond donors (Lipinski definition) is 2. The fraction of sp³-hybridized carbons (Fsp3) is 0.333. The minimum atomic E-state index is -0.825. The van der Waals surface area contributed by atoms with Crippen molar-refractivity contribution < 1.29 is 14.3 Å². The van der Waals surface area contributed by atoms with Crippen molar-refractivity contribution in [2.45, 2.75) is 26.7 Å². The summed E-state index contributed by atoms with van der Waals surface area (Å²) in [6, 6.07) is 3.74. The minimum Gasteiger partial charge on any atom is -0.481 e. The quantitative estimate of drug-likeness (QED) is 0.850. The molecule has 0 saturated carbocycles. The van der Waals surface area contributed by atoms with Crippen molar-refractivity contribution in [3.05, 3.63) is 29.4 Å². The van der Waals surface area contributed by atoms with Gasteiger partial charge in [-0.1, -0.05) is 0 Å². The molecule has 0 spiro atoms. The van der Waals surface area contributed by atoms with E-state index < -0.39 is 5.97 Å². The third-order valence-electron chi connectivity index (χ3n) is 2.48. The van der Waals surface area contributed by atoms with Crippen molar-refractivity contribution in [3.63, 3.8) is 0 Å². The van der Waals surface area contributed by atoms with Crippen LogP contribution in [0.2, 0.25) is 0 Å². The second-order valence-corrected chi connectivity index (χ2v) is 3.96. The predicted molar refractivity (Wildman–Crippen MR) is 61.7 cm³/mol. The molecule has 0 bridgehead atoms. The molecule has 0 fully saturated rings. The molecule has 0 aliphatic heterocycles. The Morgan fingerprint density at radius 1 is 1.47 bits per heavy atom. The highest BCUT2D eigenvalue weighted by Gasteiger charge is 2.12. The van der Waals surface area contributed by atoms with Crippen LogP contribution in [0, 0.1) is 13.8 Å². The molecule has 0 saturated heterocycles. The molecule has 17 heavy (non-hydrogen) atoms. The fourth-order valence-electron chi connectivity index (χ4n) is 1.67. The average molecular weight is 234 g/mol. The normalized spacial score (nSPS) is 10.7. The molecular weight excluding hydrogens is 220 g/mol. The molecule has 2 N–H and O–H groups in total. The molecule has 5 nitrogen and oxygen atoms in total. The lowest BCUT2D eigenvalue weighted by molar-refractivity contribution is -0.137.